The van der Waals surface area contributed by atoms with E-state index in [-0.39, 0.29) is 12.0 Å². The van der Waals surface area contributed by atoms with E-state index in [2.05, 4.69) is 56.1 Å². The molecule has 2 rings (SSSR count). The lowest BCUT2D eigenvalue weighted by atomic mass is 9.99. The Morgan fingerprint density at radius 1 is 1.30 bits per heavy atom. The Kier molecular flexibility index (Phi) is 5.16. The number of hydrogen-bond acceptors (Lipinski definition) is 4. The number of rotatable bonds is 5. The van der Waals surface area contributed by atoms with Crippen LogP contribution in [0, 0.1) is 24.2 Å². The van der Waals surface area contributed by atoms with E-state index in [9.17, 15) is 5.26 Å². The quantitative estimate of drug-likeness (QED) is 0.816. The molecule has 0 bridgehead atoms. The minimum Gasteiger partial charge on any atom is -0.367 e. The second kappa shape index (κ2) is 6.76. The highest BCUT2D eigenvalue weighted by Gasteiger charge is 2.24. The Hall–Kier alpha value is -1.80. The van der Waals surface area contributed by atoms with Crippen LogP contribution in [-0.2, 0) is 0 Å². The number of nitrogens with zero attached hydrogens (tertiary/aromatic N) is 4. The topological polar surface area (TPSA) is 66.0 Å². The minimum absolute atomic E-state index is 0.245. The monoisotopic (exact) mass is 333 g/mol. The first kappa shape index (κ1) is 17.6. The largest absolute Gasteiger partial charge is 0.367 e. The van der Waals surface area contributed by atoms with Gasteiger partial charge in [0.05, 0.1) is 5.69 Å². The first-order valence-electron chi connectivity index (χ1n) is 8.07. The van der Waals surface area contributed by atoms with Crippen LogP contribution in [0.4, 0.5) is 5.82 Å². The molecule has 0 aliphatic heterocycles. The zero-order valence-electron chi connectivity index (χ0n) is 14.6. The third-order valence-corrected chi connectivity index (χ3v) is 4.80. The first-order chi connectivity index (χ1) is 10.8. The van der Waals surface area contributed by atoms with Gasteiger partial charge in [0, 0.05) is 11.6 Å². The Labute approximate surface area is 142 Å². The molecule has 0 amide bonds. The molecule has 0 radical (unpaired) electrons. The smallest absolute Gasteiger partial charge is 0.177 e. The maximum Gasteiger partial charge on any atom is 0.177 e. The van der Waals surface area contributed by atoms with E-state index in [1.165, 1.54) is 0 Å². The van der Waals surface area contributed by atoms with Gasteiger partial charge >= 0.3 is 0 Å². The van der Waals surface area contributed by atoms with Crippen LogP contribution in [0.5, 0.6) is 0 Å². The fourth-order valence-corrected chi connectivity index (χ4v) is 2.79. The Morgan fingerprint density at radius 2 is 1.96 bits per heavy atom. The molecule has 2 atom stereocenters. The average molecular weight is 334 g/mol. The van der Waals surface area contributed by atoms with Crippen molar-refractivity contribution in [3.05, 3.63) is 22.0 Å². The van der Waals surface area contributed by atoms with Crippen LogP contribution in [0.25, 0.3) is 5.65 Å². The van der Waals surface area contributed by atoms with Crippen molar-refractivity contribution in [2.45, 2.75) is 59.9 Å². The zero-order chi connectivity index (χ0) is 17.3. The SMILES string of the molecule is CCC(C)c1c(Cl)nc2c(C#N)c(C)nn2c1NC(C)C(C)C. The zero-order valence-corrected chi connectivity index (χ0v) is 15.4. The Bertz CT molecular complexity index is 757. The summed E-state index contributed by atoms with van der Waals surface area (Å²) in [7, 11) is 0. The standard InChI is InChI=1S/C17H24ClN5/c1-7-10(4)14-15(18)21-16-13(8-19)12(6)22-23(16)17(14)20-11(5)9(2)3/h9-11,20H,7H2,1-6H3. The number of aromatic nitrogens is 3. The third kappa shape index (κ3) is 3.13. The lowest BCUT2D eigenvalue weighted by molar-refractivity contribution is 0.554. The van der Waals surface area contributed by atoms with E-state index >= 15 is 0 Å². The summed E-state index contributed by atoms with van der Waals surface area (Å²) in [6.07, 6.45) is 0.947. The van der Waals surface area contributed by atoms with Crippen molar-refractivity contribution in [2.24, 2.45) is 5.92 Å². The summed E-state index contributed by atoms with van der Waals surface area (Å²) in [6.45, 7) is 12.5. The molecule has 124 valence electrons. The molecule has 2 heterocycles. The van der Waals surface area contributed by atoms with Crippen LogP contribution in [0.2, 0.25) is 5.15 Å². The second-order valence-electron chi connectivity index (χ2n) is 6.46. The highest BCUT2D eigenvalue weighted by molar-refractivity contribution is 6.30. The van der Waals surface area contributed by atoms with Gasteiger partial charge in [-0.05, 0) is 32.1 Å². The van der Waals surface area contributed by atoms with Crippen molar-refractivity contribution in [2.75, 3.05) is 5.32 Å². The van der Waals surface area contributed by atoms with Gasteiger partial charge in [0.2, 0.25) is 0 Å². The van der Waals surface area contributed by atoms with E-state index in [0.29, 0.717) is 28.0 Å². The summed E-state index contributed by atoms with van der Waals surface area (Å²) in [6, 6.07) is 2.42. The predicted molar refractivity (Wildman–Crippen MR) is 94.1 cm³/mol. The van der Waals surface area contributed by atoms with Crippen molar-refractivity contribution in [3.63, 3.8) is 0 Å². The van der Waals surface area contributed by atoms with Crippen molar-refractivity contribution in [1.29, 1.82) is 5.26 Å². The molecule has 0 saturated carbocycles. The summed E-state index contributed by atoms with van der Waals surface area (Å²) < 4.78 is 1.74. The molecule has 2 aromatic rings. The number of fused-ring (bicyclic) bond motifs is 1. The van der Waals surface area contributed by atoms with Crippen molar-refractivity contribution >= 4 is 23.1 Å². The van der Waals surface area contributed by atoms with Crippen LogP contribution in [-0.4, -0.2) is 20.6 Å². The second-order valence-corrected chi connectivity index (χ2v) is 6.82. The maximum absolute atomic E-state index is 9.38. The molecule has 0 spiro atoms. The molecule has 5 nitrogen and oxygen atoms in total. The van der Waals surface area contributed by atoms with E-state index in [4.69, 9.17) is 11.6 Å². The van der Waals surface area contributed by atoms with Crippen molar-refractivity contribution in [3.8, 4) is 6.07 Å². The van der Waals surface area contributed by atoms with Gasteiger partial charge in [0.15, 0.2) is 5.65 Å². The molecule has 2 aromatic heterocycles. The molecule has 6 heteroatoms. The Morgan fingerprint density at radius 3 is 2.48 bits per heavy atom. The minimum atomic E-state index is 0.245. The average Bonchev–Trinajstić information content (AvgIpc) is 2.81. The van der Waals surface area contributed by atoms with Gasteiger partial charge in [-0.1, -0.05) is 39.3 Å². The van der Waals surface area contributed by atoms with Gasteiger partial charge in [-0.15, -0.1) is 0 Å². The summed E-state index contributed by atoms with van der Waals surface area (Å²) in [5.41, 5.74) is 2.61. The summed E-state index contributed by atoms with van der Waals surface area (Å²) >= 11 is 6.48. The first-order valence-corrected chi connectivity index (χ1v) is 8.44. The van der Waals surface area contributed by atoms with Crippen LogP contribution in [0.3, 0.4) is 0 Å². The number of anilines is 1. The number of hydrogen-bond donors (Lipinski definition) is 1. The fraction of sp³-hybridized carbons (Fsp3) is 0.588. The molecule has 0 aromatic carbocycles. The van der Waals surface area contributed by atoms with Gasteiger partial charge in [0.1, 0.15) is 22.6 Å². The highest BCUT2D eigenvalue weighted by Crippen LogP contribution is 2.34. The molecule has 23 heavy (non-hydrogen) atoms. The van der Waals surface area contributed by atoms with Gasteiger partial charge in [-0.2, -0.15) is 14.9 Å². The van der Waals surface area contributed by atoms with Crippen LogP contribution >= 0.6 is 11.6 Å². The number of halogens is 1. The van der Waals surface area contributed by atoms with E-state index in [1.807, 2.05) is 6.92 Å². The summed E-state index contributed by atoms with van der Waals surface area (Å²) in [5, 5.41) is 17.9. The third-order valence-electron chi connectivity index (χ3n) is 4.51. The molecule has 0 fully saturated rings. The fourth-order valence-electron chi connectivity index (χ4n) is 2.43. The molecule has 0 aliphatic rings. The molecule has 2 unspecified atom stereocenters. The van der Waals surface area contributed by atoms with Crippen molar-refractivity contribution in [1.82, 2.24) is 14.6 Å². The van der Waals surface area contributed by atoms with E-state index in [0.717, 1.165) is 17.8 Å². The van der Waals surface area contributed by atoms with Gasteiger partial charge < -0.3 is 5.32 Å². The lowest BCUT2D eigenvalue weighted by Gasteiger charge is -2.24. The van der Waals surface area contributed by atoms with Crippen LogP contribution in [0.15, 0.2) is 0 Å². The molecular weight excluding hydrogens is 310 g/mol. The maximum atomic E-state index is 9.38. The Balaban J connectivity index is 2.78. The molecule has 0 saturated heterocycles. The van der Waals surface area contributed by atoms with Crippen LogP contribution < -0.4 is 5.32 Å². The van der Waals surface area contributed by atoms with Crippen LogP contribution in [0.1, 0.15) is 63.8 Å². The molecular formula is C17H24ClN5. The summed E-state index contributed by atoms with van der Waals surface area (Å²) in [4.78, 5) is 4.45. The van der Waals surface area contributed by atoms with E-state index in [1.54, 1.807) is 4.52 Å². The van der Waals surface area contributed by atoms with Crippen molar-refractivity contribution < 1.29 is 0 Å². The highest BCUT2D eigenvalue weighted by atomic mass is 35.5. The van der Waals surface area contributed by atoms with Gasteiger partial charge in [-0.3, -0.25) is 0 Å². The lowest BCUT2D eigenvalue weighted by Crippen LogP contribution is -2.25. The van der Waals surface area contributed by atoms with E-state index < -0.39 is 0 Å². The van der Waals surface area contributed by atoms with Gasteiger partial charge in [-0.25, -0.2) is 4.98 Å². The predicted octanol–water partition coefficient (Wildman–Crippen LogP) is 4.53. The molecule has 0 aliphatic carbocycles. The normalized spacial score (nSPS) is 14.0. The number of nitriles is 1. The summed E-state index contributed by atoms with van der Waals surface area (Å²) in [5.74, 6) is 1.55. The molecule has 1 N–H and O–H groups in total. The number of aryl methyl sites for hydroxylation is 1. The van der Waals surface area contributed by atoms with Gasteiger partial charge in [0.25, 0.3) is 0 Å². The number of nitrogens with one attached hydrogen (secondary N) is 1.